The van der Waals surface area contributed by atoms with E-state index in [1.54, 1.807) is 24.3 Å². The van der Waals surface area contributed by atoms with Gasteiger partial charge < -0.3 is 10.5 Å². The molecule has 0 aliphatic carbocycles. The summed E-state index contributed by atoms with van der Waals surface area (Å²) in [6.45, 7) is 2.62. The molecule has 8 heteroatoms. The first-order valence-electron chi connectivity index (χ1n) is 7.71. The van der Waals surface area contributed by atoms with E-state index in [1.165, 1.54) is 23.3 Å². The van der Waals surface area contributed by atoms with Gasteiger partial charge in [-0.15, -0.1) is 23.7 Å². The number of aryl methyl sites for hydroxylation is 2. The Hall–Kier alpha value is -1.96. The van der Waals surface area contributed by atoms with Gasteiger partial charge in [-0.2, -0.15) is 0 Å². The predicted octanol–water partition coefficient (Wildman–Crippen LogP) is 3.19. The molecule has 0 bridgehead atoms. The van der Waals surface area contributed by atoms with Crippen LogP contribution in [0.2, 0.25) is 0 Å². The molecule has 0 saturated carbocycles. The molecule has 0 atom stereocenters. The van der Waals surface area contributed by atoms with Crippen molar-refractivity contribution in [2.75, 3.05) is 19.0 Å². The number of nitrogens with zero attached hydrogens (tertiary/aromatic N) is 1. The van der Waals surface area contributed by atoms with E-state index in [-0.39, 0.29) is 18.3 Å². The molecule has 25 heavy (non-hydrogen) atoms. The minimum absolute atomic E-state index is 0. The molecular weight excluding hydrogens is 362 g/mol. The topological polar surface area (TPSA) is 94.3 Å². The van der Waals surface area contributed by atoms with E-state index in [0.717, 1.165) is 25.0 Å². The fourth-order valence-corrected chi connectivity index (χ4v) is 3.19. The Labute approximate surface area is 157 Å². The van der Waals surface area contributed by atoms with Crippen LogP contribution in [0, 0.1) is 6.92 Å². The summed E-state index contributed by atoms with van der Waals surface area (Å²) in [7, 11) is 1.32. The fourth-order valence-electron chi connectivity index (χ4n) is 2.19. The first kappa shape index (κ1) is 21.1. The fraction of sp³-hybridized carbons (Fsp3) is 0.353. The van der Waals surface area contributed by atoms with Gasteiger partial charge in [0.15, 0.2) is 5.13 Å². The summed E-state index contributed by atoms with van der Waals surface area (Å²) in [6.07, 6.45) is 2.91. The first-order chi connectivity index (χ1) is 11.5. The van der Waals surface area contributed by atoms with Gasteiger partial charge in [0, 0.05) is 10.4 Å². The van der Waals surface area contributed by atoms with Gasteiger partial charge in [-0.3, -0.25) is 10.1 Å². The van der Waals surface area contributed by atoms with Crippen LogP contribution in [0.5, 0.6) is 0 Å². The van der Waals surface area contributed by atoms with Crippen molar-refractivity contribution >= 4 is 40.8 Å². The van der Waals surface area contributed by atoms with Crippen molar-refractivity contribution in [3.05, 3.63) is 46.0 Å². The van der Waals surface area contributed by atoms with E-state index >= 15 is 0 Å². The number of halogens is 1. The highest BCUT2D eigenvalue weighted by atomic mass is 35.5. The van der Waals surface area contributed by atoms with Crippen molar-refractivity contribution in [3.63, 3.8) is 0 Å². The summed E-state index contributed by atoms with van der Waals surface area (Å²) < 4.78 is 4.63. The largest absolute Gasteiger partial charge is 0.465 e. The summed E-state index contributed by atoms with van der Waals surface area (Å²) in [6, 6.07) is 6.30. The molecule has 1 aromatic carbocycles. The number of methoxy groups -OCH3 is 1. The van der Waals surface area contributed by atoms with Crippen LogP contribution in [0.15, 0.2) is 24.3 Å². The minimum Gasteiger partial charge on any atom is -0.465 e. The van der Waals surface area contributed by atoms with E-state index in [0.29, 0.717) is 22.8 Å². The smallest absolute Gasteiger partial charge is 0.337 e. The summed E-state index contributed by atoms with van der Waals surface area (Å²) in [5.41, 5.74) is 7.31. The third-order valence-corrected chi connectivity index (χ3v) is 4.67. The molecule has 0 saturated heterocycles. The zero-order valence-electron chi connectivity index (χ0n) is 14.2. The predicted molar refractivity (Wildman–Crippen MR) is 102 cm³/mol. The number of rotatable bonds is 7. The van der Waals surface area contributed by atoms with Crippen molar-refractivity contribution in [1.82, 2.24) is 4.98 Å². The highest BCUT2D eigenvalue weighted by molar-refractivity contribution is 7.15. The SMILES string of the molecule is COC(=O)c1ccc(C(=O)Nc2nc(C)c(CCCCN)s2)cc1.Cl. The van der Waals surface area contributed by atoms with E-state index in [2.05, 4.69) is 15.0 Å². The van der Waals surface area contributed by atoms with Crippen molar-refractivity contribution in [3.8, 4) is 0 Å². The second-order valence-corrected chi connectivity index (χ2v) is 6.38. The number of hydrogen-bond donors (Lipinski definition) is 2. The van der Waals surface area contributed by atoms with E-state index in [1.807, 2.05) is 6.92 Å². The summed E-state index contributed by atoms with van der Waals surface area (Å²) in [5.74, 6) is -0.687. The van der Waals surface area contributed by atoms with E-state index < -0.39 is 5.97 Å². The molecule has 0 radical (unpaired) electrons. The maximum Gasteiger partial charge on any atom is 0.337 e. The number of amides is 1. The van der Waals surface area contributed by atoms with Crippen LogP contribution in [0.25, 0.3) is 0 Å². The van der Waals surface area contributed by atoms with Crippen LogP contribution in [0.3, 0.4) is 0 Å². The number of aromatic nitrogens is 1. The Kier molecular flexibility index (Phi) is 8.54. The van der Waals surface area contributed by atoms with Crippen molar-refractivity contribution < 1.29 is 14.3 Å². The van der Waals surface area contributed by atoms with Crippen LogP contribution < -0.4 is 11.1 Å². The number of unbranched alkanes of at least 4 members (excludes halogenated alkanes) is 1. The van der Waals surface area contributed by atoms with Crippen LogP contribution in [0.4, 0.5) is 5.13 Å². The highest BCUT2D eigenvalue weighted by Gasteiger charge is 2.13. The minimum atomic E-state index is -0.431. The van der Waals surface area contributed by atoms with Crippen molar-refractivity contribution in [1.29, 1.82) is 0 Å². The van der Waals surface area contributed by atoms with Gasteiger partial charge in [0.2, 0.25) is 0 Å². The lowest BCUT2D eigenvalue weighted by atomic mass is 10.1. The molecule has 0 spiro atoms. The molecular formula is C17H22ClN3O3S. The summed E-state index contributed by atoms with van der Waals surface area (Å²) >= 11 is 1.49. The average Bonchev–Trinajstić information content (AvgIpc) is 2.94. The lowest BCUT2D eigenvalue weighted by molar-refractivity contribution is 0.0600. The number of hydrogen-bond acceptors (Lipinski definition) is 6. The third-order valence-electron chi connectivity index (χ3n) is 3.54. The summed E-state index contributed by atoms with van der Waals surface area (Å²) in [4.78, 5) is 29.2. The zero-order valence-corrected chi connectivity index (χ0v) is 15.8. The molecule has 136 valence electrons. The Morgan fingerprint density at radius 2 is 1.84 bits per heavy atom. The van der Waals surface area contributed by atoms with Gasteiger partial charge in [-0.1, -0.05) is 0 Å². The molecule has 0 aliphatic rings. The quantitative estimate of drug-likeness (QED) is 0.565. The molecule has 0 aliphatic heterocycles. The zero-order chi connectivity index (χ0) is 17.5. The number of anilines is 1. The van der Waals surface area contributed by atoms with Gasteiger partial charge in [0.05, 0.1) is 18.4 Å². The lowest BCUT2D eigenvalue weighted by Crippen LogP contribution is -2.12. The Morgan fingerprint density at radius 1 is 1.20 bits per heavy atom. The molecule has 2 rings (SSSR count). The number of thiazole rings is 1. The van der Waals surface area contributed by atoms with Crippen LogP contribution in [-0.2, 0) is 11.2 Å². The normalized spacial score (nSPS) is 10.0. The number of benzene rings is 1. The molecule has 1 amide bonds. The molecule has 0 unspecified atom stereocenters. The van der Waals surface area contributed by atoms with Gasteiger partial charge in [0.25, 0.3) is 5.91 Å². The van der Waals surface area contributed by atoms with Gasteiger partial charge in [-0.05, 0) is 57.0 Å². The lowest BCUT2D eigenvalue weighted by Gasteiger charge is -2.03. The maximum atomic E-state index is 12.3. The summed E-state index contributed by atoms with van der Waals surface area (Å²) in [5, 5.41) is 3.38. The Balaban J connectivity index is 0.00000312. The van der Waals surface area contributed by atoms with Crippen LogP contribution in [-0.4, -0.2) is 30.5 Å². The molecule has 2 aromatic rings. The van der Waals surface area contributed by atoms with Gasteiger partial charge >= 0.3 is 5.97 Å². The highest BCUT2D eigenvalue weighted by Crippen LogP contribution is 2.24. The van der Waals surface area contributed by atoms with Gasteiger partial charge in [-0.25, -0.2) is 9.78 Å². The number of esters is 1. The Morgan fingerprint density at radius 3 is 2.44 bits per heavy atom. The Bertz CT molecular complexity index is 716. The first-order valence-corrected chi connectivity index (χ1v) is 8.53. The van der Waals surface area contributed by atoms with Crippen molar-refractivity contribution in [2.45, 2.75) is 26.2 Å². The standard InChI is InChI=1S/C17H21N3O3S.ClH/c1-11-14(5-3-4-10-18)24-17(19-11)20-15(21)12-6-8-13(9-7-12)16(22)23-2;/h6-9H,3-5,10,18H2,1-2H3,(H,19,20,21);1H. The number of ether oxygens (including phenoxy) is 1. The van der Waals surface area contributed by atoms with Crippen LogP contribution in [0.1, 0.15) is 44.1 Å². The van der Waals surface area contributed by atoms with Crippen LogP contribution >= 0.6 is 23.7 Å². The number of carbonyl (C=O) groups excluding carboxylic acids is 2. The monoisotopic (exact) mass is 383 g/mol. The molecule has 1 aromatic heterocycles. The van der Waals surface area contributed by atoms with Gasteiger partial charge in [0.1, 0.15) is 0 Å². The van der Waals surface area contributed by atoms with E-state index in [9.17, 15) is 9.59 Å². The number of nitrogens with one attached hydrogen (secondary N) is 1. The van der Waals surface area contributed by atoms with Crippen molar-refractivity contribution in [2.24, 2.45) is 5.73 Å². The molecule has 0 fully saturated rings. The maximum absolute atomic E-state index is 12.3. The number of carbonyl (C=O) groups is 2. The second-order valence-electron chi connectivity index (χ2n) is 5.30. The average molecular weight is 384 g/mol. The second kappa shape index (κ2) is 10.1. The number of nitrogens with two attached hydrogens (primary N) is 1. The molecule has 6 nitrogen and oxygen atoms in total. The third kappa shape index (κ3) is 5.81. The van der Waals surface area contributed by atoms with E-state index in [4.69, 9.17) is 5.73 Å². The molecule has 3 N–H and O–H groups in total. The molecule has 1 heterocycles.